The van der Waals surface area contributed by atoms with Crippen LogP contribution in [0.5, 0.6) is 0 Å². The summed E-state index contributed by atoms with van der Waals surface area (Å²) in [5.41, 5.74) is 5.65. The van der Waals surface area contributed by atoms with Gasteiger partial charge in [0.15, 0.2) is 11.6 Å². The number of nitrogens with zero attached hydrogens (tertiary/aromatic N) is 5. The lowest BCUT2D eigenvalue weighted by molar-refractivity contribution is 0.939. The molecule has 0 unspecified atom stereocenters. The summed E-state index contributed by atoms with van der Waals surface area (Å²) in [7, 11) is 0. The number of nitrogens with one attached hydrogen (secondary N) is 1. The molecular weight excluding hydrogens is 428 g/mol. The summed E-state index contributed by atoms with van der Waals surface area (Å²) in [6, 6.07) is 22.2. The monoisotopic (exact) mass is 450 g/mol. The third-order valence-corrected chi connectivity index (χ3v) is 6.63. The Morgan fingerprint density at radius 3 is 2.42 bits per heavy atom. The first kappa shape index (κ1) is 19.8. The number of thiazole rings is 1. The van der Waals surface area contributed by atoms with Gasteiger partial charge in [-0.2, -0.15) is 0 Å². The van der Waals surface area contributed by atoms with Crippen molar-refractivity contribution < 1.29 is 0 Å². The molecule has 0 aliphatic carbocycles. The van der Waals surface area contributed by atoms with Gasteiger partial charge in [-0.1, -0.05) is 30.3 Å². The van der Waals surface area contributed by atoms with E-state index in [2.05, 4.69) is 38.8 Å². The fourth-order valence-electron chi connectivity index (χ4n) is 4.13. The molecule has 1 aliphatic heterocycles. The number of hydrogen-bond donors (Lipinski definition) is 1. The molecule has 162 valence electrons. The largest absolute Gasteiger partial charge is 0.354 e. The molecule has 0 spiro atoms. The van der Waals surface area contributed by atoms with Crippen LogP contribution in [0.2, 0.25) is 0 Å². The van der Waals surface area contributed by atoms with Crippen molar-refractivity contribution in [1.29, 1.82) is 0 Å². The van der Waals surface area contributed by atoms with E-state index in [1.54, 1.807) is 17.5 Å². The van der Waals surface area contributed by atoms with Gasteiger partial charge >= 0.3 is 0 Å². The zero-order valence-electron chi connectivity index (χ0n) is 18.0. The van der Waals surface area contributed by atoms with Crippen molar-refractivity contribution in [2.45, 2.75) is 12.8 Å². The van der Waals surface area contributed by atoms with Crippen molar-refractivity contribution >= 4 is 39.7 Å². The SMILES string of the molecule is c1ccc(-c2nc(-c3cccc(Nc4nc5ccccc5nc4N4CCCC4)c3)cs2)nc1. The van der Waals surface area contributed by atoms with E-state index in [1.807, 2.05) is 48.5 Å². The normalized spacial score (nSPS) is 13.5. The number of rotatable bonds is 5. The molecule has 0 bridgehead atoms. The Kier molecular flexibility index (Phi) is 5.16. The summed E-state index contributed by atoms with van der Waals surface area (Å²) >= 11 is 1.60. The summed E-state index contributed by atoms with van der Waals surface area (Å²) in [4.78, 5) is 21.4. The zero-order valence-corrected chi connectivity index (χ0v) is 18.8. The van der Waals surface area contributed by atoms with E-state index in [4.69, 9.17) is 15.0 Å². The standard InChI is InChI=1S/C26H22N6S/c1-2-11-21-20(10-1)29-24(25(30-21)32-14-5-6-15-32)28-19-9-7-8-18(16-19)23-17-33-26(31-23)22-12-3-4-13-27-22/h1-4,7-13,16-17H,5-6,14-15H2,(H,28,29). The van der Waals surface area contributed by atoms with Gasteiger partial charge < -0.3 is 10.2 Å². The zero-order chi connectivity index (χ0) is 22.0. The molecule has 33 heavy (non-hydrogen) atoms. The molecule has 0 amide bonds. The van der Waals surface area contributed by atoms with Crippen LogP contribution in [-0.4, -0.2) is 33.0 Å². The minimum atomic E-state index is 0.792. The highest BCUT2D eigenvalue weighted by Gasteiger charge is 2.20. The summed E-state index contributed by atoms with van der Waals surface area (Å²) in [5.74, 6) is 1.71. The van der Waals surface area contributed by atoms with Gasteiger partial charge in [-0.05, 0) is 49.2 Å². The highest BCUT2D eigenvalue weighted by molar-refractivity contribution is 7.13. The molecule has 1 aliphatic rings. The fourth-order valence-corrected chi connectivity index (χ4v) is 4.93. The van der Waals surface area contributed by atoms with E-state index in [-0.39, 0.29) is 0 Å². The summed E-state index contributed by atoms with van der Waals surface area (Å²) in [5, 5.41) is 6.53. The molecule has 7 heteroatoms. The molecule has 1 N–H and O–H groups in total. The number of benzene rings is 2. The highest BCUT2D eigenvalue weighted by Crippen LogP contribution is 2.32. The Morgan fingerprint density at radius 2 is 1.61 bits per heavy atom. The number of anilines is 3. The topological polar surface area (TPSA) is 66.8 Å². The van der Waals surface area contributed by atoms with Crippen molar-refractivity contribution in [3.8, 4) is 22.0 Å². The Morgan fingerprint density at radius 1 is 0.788 bits per heavy atom. The Balaban J connectivity index is 1.34. The third-order valence-electron chi connectivity index (χ3n) is 5.77. The van der Waals surface area contributed by atoms with Crippen LogP contribution >= 0.6 is 11.3 Å². The van der Waals surface area contributed by atoms with Gasteiger partial charge in [0.05, 0.1) is 22.4 Å². The smallest absolute Gasteiger partial charge is 0.174 e. The van der Waals surface area contributed by atoms with Gasteiger partial charge in [0.2, 0.25) is 0 Å². The molecule has 3 aromatic heterocycles. The van der Waals surface area contributed by atoms with E-state index in [9.17, 15) is 0 Å². The van der Waals surface area contributed by atoms with Gasteiger partial charge in [-0.25, -0.2) is 15.0 Å². The predicted molar refractivity (Wildman–Crippen MR) is 135 cm³/mol. The maximum absolute atomic E-state index is 4.95. The van der Waals surface area contributed by atoms with E-state index in [0.29, 0.717) is 0 Å². The number of fused-ring (bicyclic) bond motifs is 1. The first-order valence-electron chi connectivity index (χ1n) is 11.1. The van der Waals surface area contributed by atoms with E-state index in [0.717, 1.165) is 63.4 Å². The second-order valence-corrected chi connectivity index (χ2v) is 8.90. The van der Waals surface area contributed by atoms with Gasteiger partial charge in [0.25, 0.3) is 0 Å². The molecule has 4 heterocycles. The summed E-state index contributed by atoms with van der Waals surface area (Å²) in [6.45, 7) is 2.02. The van der Waals surface area contributed by atoms with Crippen LogP contribution in [0.3, 0.4) is 0 Å². The lowest BCUT2D eigenvalue weighted by atomic mass is 10.1. The fraction of sp³-hybridized carbons (Fsp3) is 0.154. The van der Waals surface area contributed by atoms with Crippen molar-refractivity contribution in [2.75, 3.05) is 23.3 Å². The van der Waals surface area contributed by atoms with Crippen LogP contribution in [0.25, 0.3) is 33.0 Å². The van der Waals surface area contributed by atoms with Gasteiger partial charge in [-0.3, -0.25) is 4.98 Å². The first-order valence-corrected chi connectivity index (χ1v) is 12.0. The van der Waals surface area contributed by atoms with E-state index in [1.165, 1.54) is 12.8 Å². The minimum Gasteiger partial charge on any atom is -0.354 e. The average molecular weight is 451 g/mol. The number of pyridine rings is 1. The maximum atomic E-state index is 4.95. The summed E-state index contributed by atoms with van der Waals surface area (Å²) < 4.78 is 0. The van der Waals surface area contributed by atoms with E-state index < -0.39 is 0 Å². The molecular formula is C26H22N6S. The number of aromatic nitrogens is 4. The van der Waals surface area contributed by atoms with Crippen LogP contribution in [0, 0.1) is 0 Å². The highest BCUT2D eigenvalue weighted by atomic mass is 32.1. The summed E-state index contributed by atoms with van der Waals surface area (Å²) in [6.07, 6.45) is 4.17. The van der Waals surface area contributed by atoms with Crippen molar-refractivity contribution in [1.82, 2.24) is 19.9 Å². The molecule has 6 nitrogen and oxygen atoms in total. The van der Waals surface area contributed by atoms with Crippen LogP contribution in [0.15, 0.2) is 78.3 Å². The molecule has 1 fully saturated rings. The van der Waals surface area contributed by atoms with E-state index >= 15 is 0 Å². The van der Waals surface area contributed by atoms with Crippen LogP contribution < -0.4 is 10.2 Å². The van der Waals surface area contributed by atoms with Crippen molar-refractivity contribution in [3.05, 3.63) is 78.3 Å². The molecule has 2 aromatic carbocycles. The maximum Gasteiger partial charge on any atom is 0.174 e. The van der Waals surface area contributed by atoms with Gasteiger partial charge in [0.1, 0.15) is 5.01 Å². The van der Waals surface area contributed by atoms with Crippen LogP contribution in [0.1, 0.15) is 12.8 Å². The Bertz CT molecular complexity index is 1410. The molecule has 0 saturated carbocycles. The molecule has 6 rings (SSSR count). The van der Waals surface area contributed by atoms with Crippen molar-refractivity contribution in [3.63, 3.8) is 0 Å². The van der Waals surface area contributed by atoms with Gasteiger partial charge in [0, 0.05) is 35.9 Å². The Labute approximate surface area is 196 Å². The minimum absolute atomic E-state index is 0.792. The van der Waals surface area contributed by atoms with Gasteiger partial charge in [-0.15, -0.1) is 11.3 Å². The molecule has 5 aromatic rings. The lowest BCUT2D eigenvalue weighted by Gasteiger charge is -2.20. The second-order valence-electron chi connectivity index (χ2n) is 8.04. The quantitative estimate of drug-likeness (QED) is 0.346. The number of para-hydroxylation sites is 2. The Hall–Kier alpha value is -3.84. The number of hydrogen-bond acceptors (Lipinski definition) is 7. The molecule has 1 saturated heterocycles. The predicted octanol–water partition coefficient (Wildman–Crippen LogP) is 6.16. The molecule has 0 atom stereocenters. The third kappa shape index (κ3) is 4.03. The second kappa shape index (κ2) is 8.60. The molecule has 0 radical (unpaired) electrons. The van der Waals surface area contributed by atoms with Crippen LogP contribution in [-0.2, 0) is 0 Å². The van der Waals surface area contributed by atoms with Crippen LogP contribution in [0.4, 0.5) is 17.3 Å². The first-order chi connectivity index (χ1) is 16.3. The van der Waals surface area contributed by atoms with Crippen molar-refractivity contribution in [2.24, 2.45) is 0 Å². The average Bonchev–Trinajstić information content (AvgIpc) is 3.57. The lowest BCUT2D eigenvalue weighted by Crippen LogP contribution is -2.21.